The van der Waals surface area contributed by atoms with E-state index in [1.54, 1.807) is 32.1 Å². The van der Waals surface area contributed by atoms with Gasteiger partial charge in [0, 0.05) is 17.0 Å². The molecule has 3 aromatic rings. The predicted octanol–water partition coefficient (Wildman–Crippen LogP) is 3.01. The number of primary sulfonamides is 1. The Labute approximate surface area is 189 Å². The van der Waals surface area contributed by atoms with Gasteiger partial charge in [-0.1, -0.05) is 12.1 Å². The Morgan fingerprint density at radius 1 is 1.12 bits per heavy atom. The number of hydrogen-bond donors (Lipinski definition) is 3. The lowest BCUT2D eigenvalue weighted by Gasteiger charge is -2.06. The molecule has 0 spiro atoms. The predicted molar refractivity (Wildman–Crippen MR) is 122 cm³/mol. The topological polar surface area (TPSA) is 161 Å². The fraction of sp³-hybridized carbons (Fsp3) is 0.158. The van der Waals surface area contributed by atoms with Gasteiger partial charge in [0.2, 0.25) is 15.9 Å². The minimum absolute atomic E-state index is 0.0564. The normalized spacial score (nSPS) is 12.2. The monoisotopic (exact) mass is 496 g/mol. The Morgan fingerprint density at radius 2 is 1.81 bits per heavy atom. The molecule has 2 aromatic heterocycles. The molecule has 4 N–H and O–H groups in total. The summed E-state index contributed by atoms with van der Waals surface area (Å²) in [5, 5.41) is 11.6. The van der Waals surface area contributed by atoms with Crippen LogP contribution in [-0.4, -0.2) is 27.9 Å². The number of rotatable bonds is 8. The number of nitrogens with one attached hydrogen (secondary N) is 2. The molecule has 0 saturated carbocycles. The molecule has 0 aliphatic heterocycles. The molecular weight excluding hydrogens is 476 g/mol. The Balaban J connectivity index is 1.76. The molecule has 13 heteroatoms. The summed E-state index contributed by atoms with van der Waals surface area (Å²) in [4.78, 5) is 12.2. The fourth-order valence-electron chi connectivity index (χ4n) is 2.53. The van der Waals surface area contributed by atoms with E-state index in [-0.39, 0.29) is 20.7 Å². The van der Waals surface area contributed by atoms with Crippen LogP contribution in [0.4, 0.5) is 11.4 Å². The quantitative estimate of drug-likeness (QED) is 0.432. The van der Waals surface area contributed by atoms with Crippen molar-refractivity contribution in [3.63, 3.8) is 0 Å². The second-order valence-corrected chi connectivity index (χ2v) is 11.2. The van der Waals surface area contributed by atoms with Crippen molar-refractivity contribution in [1.82, 2.24) is 5.16 Å². The number of thiophene rings is 1. The van der Waals surface area contributed by atoms with Gasteiger partial charge in [-0.3, -0.25) is 9.52 Å². The summed E-state index contributed by atoms with van der Waals surface area (Å²) < 4.78 is 55.6. The maximum absolute atomic E-state index is 12.6. The van der Waals surface area contributed by atoms with Gasteiger partial charge in [-0.2, -0.15) is 0 Å². The molecule has 1 aromatic carbocycles. The molecular formula is C19H20N4O6S3. The van der Waals surface area contributed by atoms with Crippen LogP contribution in [0.3, 0.4) is 0 Å². The smallest absolute Gasteiger partial charge is 0.271 e. The number of hydrogen-bond acceptors (Lipinski definition) is 8. The van der Waals surface area contributed by atoms with Crippen LogP contribution in [0, 0.1) is 6.92 Å². The highest BCUT2D eigenvalue weighted by molar-refractivity contribution is 7.94. The first-order valence-corrected chi connectivity index (χ1v) is 13.0. The van der Waals surface area contributed by atoms with Crippen molar-refractivity contribution in [3.8, 4) is 0 Å². The zero-order chi connectivity index (χ0) is 23.5. The molecule has 2 heterocycles. The number of nitrogens with zero attached hydrogens (tertiary/aromatic N) is 1. The fourth-order valence-corrected chi connectivity index (χ4v) is 5.33. The van der Waals surface area contributed by atoms with Gasteiger partial charge in [-0.15, -0.1) is 11.3 Å². The van der Waals surface area contributed by atoms with E-state index in [4.69, 9.17) is 9.66 Å². The number of carbonyl (C=O) groups excluding carboxylic acids is 1. The van der Waals surface area contributed by atoms with Crippen LogP contribution < -0.4 is 15.2 Å². The lowest BCUT2D eigenvalue weighted by Crippen LogP contribution is -2.13. The highest BCUT2D eigenvalue weighted by atomic mass is 32.2. The van der Waals surface area contributed by atoms with Gasteiger partial charge < -0.3 is 9.84 Å². The number of nitrogens with two attached hydrogens (primary N) is 1. The zero-order valence-corrected chi connectivity index (χ0v) is 19.5. The molecule has 0 radical (unpaired) electrons. The SMILES string of the molecule is CCC(=O)Nc1c(C)noc1/C=C/c1ccc(S(=O)(=O)Nc2ccc(S(N)(=O)=O)cc2)s1. The first kappa shape index (κ1) is 23.7. The van der Waals surface area contributed by atoms with Crippen molar-refractivity contribution in [3.05, 3.63) is 52.7 Å². The number of carbonyl (C=O) groups is 1. The van der Waals surface area contributed by atoms with E-state index < -0.39 is 20.0 Å². The first-order chi connectivity index (χ1) is 15.0. The minimum atomic E-state index is -3.89. The van der Waals surface area contributed by atoms with Crippen molar-refractivity contribution < 1.29 is 26.2 Å². The molecule has 0 saturated heterocycles. The van der Waals surface area contributed by atoms with E-state index in [2.05, 4.69) is 15.2 Å². The number of sulfonamides is 2. The van der Waals surface area contributed by atoms with Crippen LogP contribution in [-0.2, 0) is 24.8 Å². The summed E-state index contributed by atoms with van der Waals surface area (Å²) in [6, 6.07) is 8.10. The highest BCUT2D eigenvalue weighted by Crippen LogP contribution is 2.28. The van der Waals surface area contributed by atoms with Crippen LogP contribution in [0.25, 0.3) is 12.2 Å². The number of anilines is 2. The third-order valence-corrected chi connectivity index (χ3v) is 8.03. The number of aryl methyl sites for hydroxylation is 1. The van der Waals surface area contributed by atoms with Crippen molar-refractivity contribution in [2.75, 3.05) is 10.0 Å². The van der Waals surface area contributed by atoms with Crippen LogP contribution in [0.5, 0.6) is 0 Å². The summed E-state index contributed by atoms with van der Waals surface area (Å²) in [5.74, 6) is 0.161. The average Bonchev–Trinajstić information content (AvgIpc) is 3.34. The van der Waals surface area contributed by atoms with Gasteiger partial charge in [0.05, 0.1) is 4.90 Å². The van der Waals surface area contributed by atoms with Crippen LogP contribution >= 0.6 is 11.3 Å². The number of aromatic nitrogens is 1. The average molecular weight is 497 g/mol. The minimum Gasteiger partial charge on any atom is -0.354 e. The third kappa shape index (κ3) is 5.62. The van der Waals surface area contributed by atoms with E-state index in [1.165, 1.54) is 30.3 Å². The van der Waals surface area contributed by atoms with Crippen LogP contribution in [0.15, 0.2) is 50.0 Å². The second kappa shape index (κ2) is 9.24. The first-order valence-electron chi connectivity index (χ1n) is 9.19. The molecule has 0 bridgehead atoms. The van der Waals surface area contributed by atoms with Gasteiger partial charge in [0.25, 0.3) is 10.0 Å². The molecule has 3 rings (SSSR count). The van der Waals surface area contributed by atoms with Gasteiger partial charge in [0.15, 0.2) is 5.76 Å². The standard InChI is InChI=1S/C19H20N4O6S3/c1-3-17(24)21-19-12(2)22-29-16(19)10-6-14-7-11-18(30-14)32(27,28)23-13-4-8-15(9-5-13)31(20,25)26/h4-11,23H,3H2,1-2H3,(H,21,24)(H2,20,25,26)/b10-6+. The molecule has 0 atom stereocenters. The van der Waals surface area contributed by atoms with E-state index >= 15 is 0 Å². The van der Waals surface area contributed by atoms with E-state index in [1.807, 2.05) is 0 Å². The molecule has 170 valence electrons. The van der Waals surface area contributed by atoms with Crippen molar-refractivity contribution in [2.24, 2.45) is 5.14 Å². The van der Waals surface area contributed by atoms with Crippen molar-refractivity contribution in [1.29, 1.82) is 0 Å². The largest absolute Gasteiger partial charge is 0.354 e. The molecule has 0 aliphatic carbocycles. The Hall–Kier alpha value is -3.00. The van der Waals surface area contributed by atoms with Gasteiger partial charge in [-0.05, 0) is 55.5 Å². The summed E-state index contributed by atoms with van der Waals surface area (Å²) in [6.45, 7) is 3.42. The van der Waals surface area contributed by atoms with Gasteiger partial charge in [-0.25, -0.2) is 22.0 Å². The summed E-state index contributed by atoms with van der Waals surface area (Å²) >= 11 is 1.01. The highest BCUT2D eigenvalue weighted by Gasteiger charge is 2.18. The van der Waals surface area contributed by atoms with E-state index in [0.717, 1.165) is 11.3 Å². The Morgan fingerprint density at radius 3 is 2.44 bits per heavy atom. The maximum atomic E-state index is 12.6. The van der Waals surface area contributed by atoms with Crippen LogP contribution in [0.1, 0.15) is 29.7 Å². The molecule has 0 unspecified atom stereocenters. The van der Waals surface area contributed by atoms with E-state index in [9.17, 15) is 21.6 Å². The third-order valence-electron chi connectivity index (χ3n) is 4.18. The van der Waals surface area contributed by atoms with Crippen LogP contribution in [0.2, 0.25) is 0 Å². The zero-order valence-electron chi connectivity index (χ0n) is 17.0. The Bertz CT molecular complexity index is 1370. The lowest BCUT2D eigenvalue weighted by atomic mass is 10.2. The number of benzene rings is 1. The molecule has 32 heavy (non-hydrogen) atoms. The molecule has 1 amide bonds. The molecule has 0 fully saturated rings. The second-order valence-electron chi connectivity index (χ2n) is 6.57. The number of amides is 1. The summed E-state index contributed by atoms with van der Waals surface area (Å²) in [6.07, 6.45) is 3.54. The summed E-state index contributed by atoms with van der Waals surface area (Å²) in [7, 11) is -7.76. The molecule has 0 aliphatic rings. The van der Waals surface area contributed by atoms with Crippen molar-refractivity contribution in [2.45, 2.75) is 29.4 Å². The molecule has 10 nitrogen and oxygen atoms in total. The van der Waals surface area contributed by atoms with Gasteiger partial charge in [0.1, 0.15) is 15.6 Å². The Kier molecular flexibility index (Phi) is 6.83. The summed E-state index contributed by atoms with van der Waals surface area (Å²) in [5.41, 5.74) is 1.18. The van der Waals surface area contributed by atoms with Crippen molar-refractivity contribution >= 4 is 60.8 Å². The van der Waals surface area contributed by atoms with Gasteiger partial charge >= 0.3 is 0 Å². The maximum Gasteiger partial charge on any atom is 0.271 e. The lowest BCUT2D eigenvalue weighted by molar-refractivity contribution is -0.115. The van der Waals surface area contributed by atoms with E-state index in [0.29, 0.717) is 28.4 Å².